The predicted molar refractivity (Wildman–Crippen MR) is 72.2 cm³/mol. The Kier molecular flexibility index (Phi) is 3.46. The molecule has 2 aliphatic rings. The molecule has 2 fully saturated rings. The number of pyridine rings is 1. The zero-order valence-corrected chi connectivity index (χ0v) is 11.8. The summed E-state index contributed by atoms with van der Waals surface area (Å²) in [5.74, 6) is 0.376. The van der Waals surface area contributed by atoms with Crippen molar-refractivity contribution in [3.63, 3.8) is 0 Å². The highest BCUT2D eigenvalue weighted by Crippen LogP contribution is 2.29. The number of hydrogen-bond donors (Lipinski definition) is 1. The van der Waals surface area contributed by atoms with E-state index < -0.39 is 10.0 Å². The van der Waals surface area contributed by atoms with Crippen LogP contribution in [0.2, 0.25) is 0 Å². The average molecular weight is 292 g/mol. The second-order valence-electron chi connectivity index (χ2n) is 5.25. The van der Waals surface area contributed by atoms with Crippen LogP contribution in [-0.4, -0.2) is 43.4 Å². The topological polar surface area (TPSA) is 86.1 Å². The minimum atomic E-state index is -3.63. The molecule has 0 bridgehead atoms. The van der Waals surface area contributed by atoms with E-state index in [4.69, 9.17) is 5.26 Å². The fourth-order valence-electron chi connectivity index (χ4n) is 3.03. The maximum absolute atomic E-state index is 12.7. The Labute approximate surface area is 118 Å². The third-order valence-electron chi connectivity index (χ3n) is 4.06. The van der Waals surface area contributed by atoms with Crippen LogP contribution in [0.15, 0.2) is 23.2 Å². The van der Waals surface area contributed by atoms with Crippen molar-refractivity contribution >= 4 is 10.0 Å². The summed E-state index contributed by atoms with van der Waals surface area (Å²) in [4.78, 5) is 3.86. The molecule has 0 amide bonds. The lowest BCUT2D eigenvalue weighted by Crippen LogP contribution is -2.41. The SMILES string of the molecule is N#Cc1ncccc1S(=O)(=O)N1C[C@@H]2CCCN[C@@H]2C1. The van der Waals surface area contributed by atoms with Crippen molar-refractivity contribution in [2.45, 2.75) is 23.8 Å². The summed E-state index contributed by atoms with van der Waals surface area (Å²) in [5.41, 5.74) is -0.0321. The number of aromatic nitrogens is 1. The van der Waals surface area contributed by atoms with Gasteiger partial charge in [0.25, 0.3) is 0 Å². The fourth-order valence-corrected chi connectivity index (χ4v) is 4.64. The lowest BCUT2D eigenvalue weighted by molar-refractivity contribution is 0.339. The smallest absolute Gasteiger partial charge is 0.246 e. The Hall–Kier alpha value is -1.49. The van der Waals surface area contributed by atoms with Gasteiger partial charge < -0.3 is 5.32 Å². The Morgan fingerprint density at radius 2 is 2.30 bits per heavy atom. The minimum Gasteiger partial charge on any atom is -0.312 e. The van der Waals surface area contributed by atoms with Gasteiger partial charge in [-0.1, -0.05) is 0 Å². The van der Waals surface area contributed by atoms with Gasteiger partial charge in [0, 0.05) is 25.3 Å². The first-order valence-corrected chi connectivity index (χ1v) is 8.15. The highest BCUT2D eigenvalue weighted by molar-refractivity contribution is 7.89. The summed E-state index contributed by atoms with van der Waals surface area (Å²) in [5, 5.41) is 12.4. The van der Waals surface area contributed by atoms with Crippen LogP contribution < -0.4 is 5.32 Å². The van der Waals surface area contributed by atoms with Gasteiger partial charge >= 0.3 is 0 Å². The molecule has 0 aromatic carbocycles. The maximum atomic E-state index is 12.7. The van der Waals surface area contributed by atoms with Crippen molar-refractivity contribution in [1.82, 2.24) is 14.6 Å². The number of fused-ring (bicyclic) bond motifs is 1. The van der Waals surface area contributed by atoms with Gasteiger partial charge in [0.15, 0.2) is 5.69 Å². The van der Waals surface area contributed by atoms with Crippen molar-refractivity contribution in [2.75, 3.05) is 19.6 Å². The van der Waals surface area contributed by atoms with Gasteiger partial charge in [-0.15, -0.1) is 0 Å². The molecule has 1 aromatic heterocycles. The highest BCUT2D eigenvalue weighted by Gasteiger charge is 2.40. The summed E-state index contributed by atoms with van der Waals surface area (Å²) >= 11 is 0. The largest absolute Gasteiger partial charge is 0.312 e. The van der Waals surface area contributed by atoms with Crippen LogP contribution >= 0.6 is 0 Å². The molecule has 1 N–H and O–H groups in total. The summed E-state index contributed by atoms with van der Waals surface area (Å²) < 4.78 is 26.8. The molecule has 2 saturated heterocycles. The molecule has 0 spiro atoms. The summed E-state index contributed by atoms with van der Waals surface area (Å²) in [6.07, 6.45) is 3.58. The van der Waals surface area contributed by atoms with Crippen LogP contribution in [0.5, 0.6) is 0 Å². The van der Waals surface area contributed by atoms with Crippen LogP contribution in [0.4, 0.5) is 0 Å². The van der Waals surface area contributed by atoms with Gasteiger partial charge in [-0.25, -0.2) is 13.4 Å². The van der Waals surface area contributed by atoms with Crippen LogP contribution in [0.1, 0.15) is 18.5 Å². The molecule has 0 aliphatic carbocycles. The number of rotatable bonds is 2. The minimum absolute atomic E-state index is 0.0150. The van der Waals surface area contributed by atoms with E-state index in [0.717, 1.165) is 19.4 Å². The standard InChI is InChI=1S/C13H16N4O2S/c14-7-11-13(4-2-6-15-11)20(18,19)17-8-10-3-1-5-16-12(10)9-17/h2,4,6,10,12,16H,1,3,5,8-9H2/t10-,12+/m0/s1. The summed E-state index contributed by atoms with van der Waals surface area (Å²) in [6.45, 7) is 1.96. The van der Waals surface area contributed by atoms with E-state index in [0.29, 0.717) is 19.0 Å². The van der Waals surface area contributed by atoms with Crippen molar-refractivity contribution in [3.05, 3.63) is 24.0 Å². The number of sulfonamides is 1. The lowest BCUT2D eigenvalue weighted by Gasteiger charge is -2.24. The van der Waals surface area contributed by atoms with Gasteiger partial charge in [-0.3, -0.25) is 0 Å². The van der Waals surface area contributed by atoms with Gasteiger partial charge in [0.2, 0.25) is 10.0 Å². The van der Waals surface area contributed by atoms with E-state index in [1.54, 1.807) is 6.07 Å². The number of nitrogens with zero attached hydrogens (tertiary/aromatic N) is 3. The maximum Gasteiger partial charge on any atom is 0.246 e. The van der Waals surface area contributed by atoms with Crippen LogP contribution in [0, 0.1) is 17.2 Å². The molecule has 3 heterocycles. The first-order chi connectivity index (χ1) is 9.63. The highest BCUT2D eigenvalue weighted by atomic mass is 32.2. The molecule has 2 aliphatic heterocycles. The van der Waals surface area contributed by atoms with Crippen LogP contribution in [-0.2, 0) is 10.0 Å². The zero-order chi connectivity index (χ0) is 14.2. The zero-order valence-electron chi connectivity index (χ0n) is 11.0. The summed E-state index contributed by atoms with van der Waals surface area (Å²) in [7, 11) is -3.63. The molecule has 1 aromatic rings. The first kappa shape index (κ1) is 13.5. The normalized spacial score (nSPS) is 26.9. The van der Waals surface area contributed by atoms with E-state index in [2.05, 4.69) is 10.3 Å². The molecule has 0 unspecified atom stereocenters. The quantitative estimate of drug-likeness (QED) is 0.848. The fraction of sp³-hybridized carbons (Fsp3) is 0.538. The van der Waals surface area contributed by atoms with E-state index in [9.17, 15) is 8.42 Å². The molecule has 20 heavy (non-hydrogen) atoms. The van der Waals surface area contributed by atoms with Gasteiger partial charge in [0.05, 0.1) is 0 Å². The Balaban J connectivity index is 1.91. The van der Waals surface area contributed by atoms with Gasteiger partial charge in [-0.05, 0) is 37.4 Å². The number of piperidine rings is 1. The molecule has 3 rings (SSSR count). The van der Waals surface area contributed by atoms with Crippen molar-refractivity contribution in [1.29, 1.82) is 5.26 Å². The predicted octanol–water partition coefficient (Wildman–Crippen LogP) is 0.326. The van der Waals surface area contributed by atoms with Crippen LogP contribution in [0.25, 0.3) is 0 Å². The Bertz CT molecular complexity index is 639. The molecule has 0 saturated carbocycles. The molecule has 106 valence electrons. The van der Waals surface area contributed by atoms with Gasteiger partial charge in [-0.2, -0.15) is 9.57 Å². The third kappa shape index (κ3) is 2.20. The lowest BCUT2D eigenvalue weighted by atomic mass is 9.94. The second kappa shape index (κ2) is 5.13. The summed E-state index contributed by atoms with van der Waals surface area (Å²) in [6, 6.07) is 5.10. The number of nitriles is 1. The Morgan fingerprint density at radius 1 is 1.45 bits per heavy atom. The van der Waals surface area contributed by atoms with Crippen LogP contribution in [0.3, 0.4) is 0 Å². The Morgan fingerprint density at radius 3 is 3.05 bits per heavy atom. The second-order valence-corrected chi connectivity index (χ2v) is 7.15. The van der Waals surface area contributed by atoms with E-state index in [1.807, 2.05) is 6.07 Å². The van der Waals surface area contributed by atoms with Crippen molar-refractivity contribution in [2.24, 2.45) is 5.92 Å². The van der Waals surface area contributed by atoms with Crippen molar-refractivity contribution < 1.29 is 8.42 Å². The molecule has 0 radical (unpaired) electrons. The van der Waals surface area contributed by atoms with Gasteiger partial charge in [0.1, 0.15) is 11.0 Å². The molecule has 7 heteroatoms. The van der Waals surface area contributed by atoms with E-state index in [-0.39, 0.29) is 16.6 Å². The third-order valence-corrected chi connectivity index (χ3v) is 5.92. The number of hydrogen-bond acceptors (Lipinski definition) is 5. The monoisotopic (exact) mass is 292 g/mol. The number of nitrogens with one attached hydrogen (secondary N) is 1. The van der Waals surface area contributed by atoms with E-state index >= 15 is 0 Å². The van der Waals surface area contributed by atoms with Crippen molar-refractivity contribution in [3.8, 4) is 6.07 Å². The molecular weight excluding hydrogens is 276 g/mol. The molecule has 2 atom stereocenters. The van der Waals surface area contributed by atoms with E-state index in [1.165, 1.54) is 16.6 Å². The molecule has 6 nitrogen and oxygen atoms in total. The average Bonchev–Trinajstić information content (AvgIpc) is 2.92. The first-order valence-electron chi connectivity index (χ1n) is 6.71. The molecular formula is C13H16N4O2S.